The fraction of sp³-hybridized carbons (Fsp3) is 0.600. The molecule has 4 unspecified atom stereocenters. The number of hydrogen-bond donors (Lipinski definition) is 3. The zero-order valence-electron chi connectivity index (χ0n) is 20.2. The van der Waals surface area contributed by atoms with Gasteiger partial charge in [0.05, 0.1) is 11.2 Å². The molecule has 0 spiro atoms. The molecule has 5 rings (SSSR count). The van der Waals surface area contributed by atoms with Crippen molar-refractivity contribution < 1.29 is 13.5 Å². The first kappa shape index (κ1) is 24.5. The van der Waals surface area contributed by atoms with Crippen molar-refractivity contribution >= 4 is 29.1 Å². The van der Waals surface area contributed by atoms with Gasteiger partial charge in [0.15, 0.2) is 11.6 Å². The minimum Gasteiger partial charge on any atom is -0.486 e. The quantitative estimate of drug-likeness (QED) is 0.514. The molecule has 35 heavy (non-hydrogen) atoms. The second kappa shape index (κ2) is 10.0. The van der Waals surface area contributed by atoms with Gasteiger partial charge in [-0.1, -0.05) is 11.6 Å². The van der Waals surface area contributed by atoms with Crippen molar-refractivity contribution in [3.63, 3.8) is 0 Å². The molecule has 0 aliphatic carbocycles. The zero-order chi connectivity index (χ0) is 24.6. The van der Waals surface area contributed by atoms with Gasteiger partial charge in [-0.25, -0.2) is 13.8 Å². The van der Waals surface area contributed by atoms with Crippen LogP contribution >= 0.6 is 11.6 Å². The van der Waals surface area contributed by atoms with Gasteiger partial charge in [0.1, 0.15) is 18.0 Å². The standard InChI is InChI=1S/C25H33ClF2N6O/c1-25(2)12-16(10-17-4-3-9-34(17)25)31-23-20(28)14-30-24(33-23)32-15-5-6-21(18(26)11-15)35-22-7-8-29-13-19(22)27/h5-6,11,14,16-17,19,22,29H,3-4,7-10,12-13H2,1-2H3,(H2,30,31,32,33). The van der Waals surface area contributed by atoms with E-state index in [9.17, 15) is 8.78 Å². The van der Waals surface area contributed by atoms with Crippen LogP contribution in [0.25, 0.3) is 0 Å². The number of aromatic nitrogens is 2. The van der Waals surface area contributed by atoms with E-state index in [2.05, 4.69) is 44.7 Å². The van der Waals surface area contributed by atoms with E-state index in [0.717, 1.165) is 19.4 Å². The number of piperidine rings is 2. The molecule has 2 aromatic rings. The Kier molecular flexibility index (Phi) is 7.01. The van der Waals surface area contributed by atoms with E-state index in [1.165, 1.54) is 19.0 Å². The van der Waals surface area contributed by atoms with Gasteiger partial charge in [0, 0.05) is 29.9 Å². The number of hydrogen-bond acceptors (Lipinski definition) is 7. The number of nitrogens with zero attached hydrogens (tertiary/aromatic N) is 3. The lowest BCUT2D eigenvalue weighted by molar-refractivity contribution is 0.0500. The summed E-state index contributed by atoms with van der Waals surface area (Å²) in [6.45, 7) is 6.64. The van der Waals surface area contributed by atoms with Gasteiger partial charge >= 0.3 is 0 Å². The Bertz CT molecular complexity index is 1060. The third-order valence-corrected chi connectivity index (χ3v) is 7.65. The molecule has 0 radical (unpaired) electrons. The lowest BCUT2D eigenvalue weighted by atomic mass is 9.84. The summed E-state index contributed by atoms with van der Waals surface area (Å²) < 4.78 is 34.5. The molecule has 190 valence electrons. The van der Waals surface area contributed by atoms with E-state index in [4.69, 9.17) is 16.3 Å². The van der Waals surface area contributed by atoms with Crippen molar-refractivity contribution in [1.29, 1.82) is 0 Å². The predicted octanol–water partition coefficient (Wildman–Crippen LogP) is 4.91. The van der Waals surface area contributed by atoms with Gasteiger partial charge in [-0.05, 0) is 77.2 Å². The molecule has 1 aromatic carbocycles. The maximum Gasteiger partial charge on any atom is 0.229 e. The highest BCUT2D eigenvalue weighted by atomic mass is 35.5. The normalized spacial score (nSPS) is 28.4. The molecular formula is C25H33ClF2N6O. The second-order valence-electron chi connectivity index (χ2n) is 10.4. The smallest absolute Gasteiger partial charge is 0.229 e. The SMILES string of the molecule is CC1(C)CC(Nc2nc(Nc3ccc(OC4CCNCC4F)c(Cl)c3)ncc2F)CC2CCCN21. The van der Waals surface area contributed by atoms with Gasteiger partial charge in [-0.2, -0.15) is 4.98 Å². The molecule has 3 aliphatic rings. The number of benzene rings is 1. The highest BCUT2D eigenvalue weighted by Gasteiger charge is 2.43. The summed E-state index contributed by atoms with van der Waals surface area (Å²) in [7, 11) is 0. The molecule has 0 bridgehead atoms. The molecule has 10 heteroatoms. The zero-order valence-corrected chi connectivity index (χ0v) is 20.9. The molecule has 1 aromatic heterocycles. The number of halogens is 3. The molecule has 4 heterocycles. The number of ether oxygens (including phenoxy) is 1. The van der Waals surface area contributed by atoms with E-state index in [1.807, 2.05) is 0 Å². The minimum absolute atomic E-state index is 0.0680. The van der Waals surface area contributed by atoms with E-state index < -0.39 is 18.1 Å². The molecule has 0 amide bonds. The van der Waals surface area contributed by atoms with Crippen LogP contribution in [-0.4, -0.2) is 64.4 Å². The maximum absolute atomic E-state index is 14.6. The van der Waals surface area contributed by atoms with Crippen molar-refractivity contribution in [3.8, 4) is 5.75 Å². The van der Waals surface area contributed by atoms with Gasteiger partial charge in [0.2, 0.25) is 5.95 Å². The summed E-state index contributed by atoms with van der Waals surface area (Å²) in [5, 5.41) is 9.77. The minimum atomic E-state index is -1.08. The predicted molar refractivity (Wildman–Crippen MR) is 134 cm³/mol. The number of nitrogens with one attached hydrogen (secondary N) is 3. The molecule has 3 N–H and O–H groups in total. The Morgan fingerprint density at radius 2 is 2.14 bits per heavy atom. The topological polar surface area (TPSA) is 74.3 Å². The fourth-order valence-electron chi connectivity index (χ4n) is 5.74. The van der Waals surface area contributed by atoms with E-state index in [0.29, 0.717) is 35.5 Å². The summed E-state index contributed by atoms with van der Waals surface area (Å²) in [5.41, 5.74) is 0.695. The monoisotopic (exact) mass is 506 g/mol. The highest BCUT2D eigenvalue weighted by Crippen LogP contribution is 2.38. The van der Waals surface area contributed by atoms with Crippen molar-refractivity contribution in [3.05, 3.63) is 35.2 Å². The summed E-state index contributed by atoms with van der Waals surface area (Å²) >= 11 is 6.40. The third-order valence-electron chi connectivity index (χ3n) is 7.36. The maximum atomic E-state index is 14.6. The van der Waals surface area contributed by atoms with Crippen LogP contribution in [0.3, 0.4) is 0 Å². The Morgan fingerprint density at radius 1 is 1.29 bits per heavy atom. The Hall–Kier alpha value is -2.23. The van der Waals surface area contributed by atoms with Crippen LogP contribution in [0.15, 0.2) is 24.4 Å². The number of rotatable bonds is 6. The second-order valence-corrected chi connectivity index (χ2v) is 10.8. The Balaban J connectivity index is 1.25. The Morgan fingerprint density at radius 3 is 2.94 bits per heavy atom. The van der Waals surface area contributed by atoms with Crippen LogP contribution in [0, 0.1) is 5.82 Å². The lowest BCUT2D eigenvalue weighted by Crippen LogP contribution is -2.55. The number of alkyl halides is 1. The van der Waals surface area contributed by atoms with Crippen LogP contribution in [-0.2, 0) is 0 Å². The fourth-order valence-corrected chi connectivity index (χ4v) is 5.96. The first-order valence-corrected chi connectivity index (χ1v) is 12.8. The molecule has 0 saturated carbocycles. The van der Waals surface area contributed by atoms with Crippen LogP contribution < -0.4 is 20.7 Å². The van der Waals surface area contributed by atoms with Crippen LogP contribution in [0.4, 0.5) is 26.2 Å². The summed E-state index contributed by atoms with van der Waals surface area (Å²) in [6.07, 6.45) is 4.44. The lowest BCUT2D eigenvalue weighted by Gasteiger charge is -2.47. The van der Waals surface area contributed by atoms with Gasteiger partial charge < -0.3 is 20.7 Å². The van der Waals surface area contributed by atoms with Crippen LogP contribution in [0.1, 0.15) is 46.0 Å². The van der Waals surface area contributed by atoms with Crippen molar-refractivity contribution in [2.75, 3.05) is 30.3 Å². The van der Waals surface area contributed by atoms with Crippen LogP contribution in [0.5, 0.6) is 5.75 Å². The van der Waals surface area contributed by atoms with Gasteiger partial charge in [-0.3, -0.25) is 4.90 Å². The molecule has 3 saturated heterocycles. The van der Waals surface area contributed by atoms with Crippen molar-refractivity contribution in [1.82, 2.24) is 20.2 Å². The van der Waals surface area contributed by atoms with Crippen molar-refractivity contribution in [2.45, 2.75) is 75.8 Å². The molecular weight excluding hydrogens is 474 g/mol. The van der Waals surface area contributed by atoms with Crippen molar-refractivity contribution in [2.24, 2.45) is 0 Å². The van der Waals surface area contributed by atoms with E-state index in [-0.39, 0.29) is 29.9 Å². The van der Waals surface area contributed by atoms with E-state index >= 15 is 0 Å². The Labute approximate surface area is 210 Å². The molecule has 7 nitrogen and oxygen atoms in total. The number of anilines is 3. The highest BCUT2D eigenvalue weighted by molar-refractivity contribution is 6.32. The first-order chi connectivity index (χ1) is 16.8. The summed E-state index contributed by atoms with van der Waals surface area (Å²) in [6, 6.07) is 5.79. The third kappa shape index (κ3) is 5.47. The van der Waals surface area contributed by atoms with Gasteiger partial charge in [0.25, 0.3) is 0 Å². The van der Waals surface area contributed by atoms with Crippen LogP contribution in [0.2, 0.25) is 5.02 Å². The average Bonchev–Trinajstić information content (AvgIpc) is 3.29. The van der Waals surface area contributed by atoms with Gasteiger partial charge in [-0.15, -0.1) is 0 Å². The molecule has 4 atom stereocenters. The summed E-state index contributed by atoms with van der Waals surface area (Å²) in [4.78, 5) is 11.1. The molecule has 3 fully saturated rings. The summed E-state index contributed by atoms with van der Waals surface area (Å²) in [5.74, 6) is 0.404. The average molecular weight is 507 g/mol. The first-order valence-electron chi connectivity index (χ1n) is 12.4. The number of fused-ring (bicyclic) bond motifs is 1. The van der Waals surface area contributed by atoms with E-state index in [1.54, 1.807) is 18.2 Å². The largest absolute Gasteiger partial charge is 0.486 e. The molecule has 3 aliphatic heterocycles.